The number of carbonyl (C=O) groups is 1. The standard InChI is InChI=1S/C18H26F3N3O2/c1-11-6-13-14(7-17(2,3)8-15(13)26-11)23-16(25)22-12-4-5-24(9-12)10-18(19,20)21/h6,12,14H,4-5,7-10H2,1-3H3,(H2,22,23,25)/t12-,14+/m1/s1. The molecule has 1 aromatic heterocycles. The van der Waals surface area contributed by atoms with Gasteiger partial charge in [0.1, 0.15) is 11.5 Å². The average Bonchev–Trinajstić information content (AvgIpc) is 3.01. The van der Waals surface area contributed by atoms with Gasteiger partial charge < -0.3 is 15.1 Å². The molecular formula is C18H26F3N3O2. The molecule has 2 heterocycles. The molecule has 0 aromatic carbocycles. The van der Waals surface area contributed by atoms with Gasteiger partial charge in [-0.1, -0.05) is 13.8 Å². The molecule has 1 saturated heterocycles. The van der Waals surface area contributed by atoms with Crippen LogP contribution < -0.4 is 10.6 Å². The topological polar surface area (TPSA) is 57.5 Å². The highest BCUT2D eigenvalue weighted by atomic mass is 19.4. The minimum atomic E-state index is -4.21. The minimum Gasteiger partial charge on any atom is -0.466 e. The van der Waals surface area contributed by atoms with Gasteiger partial charge in [-0.3, -0.25) is 4.90 Å². The second-order valence-electron chi connectivity index (χ2n) is 8.29. The van der Waals surface area contributed by atoms with E-state index in [0.717, 1.165) is 29.9 Å². The van der Waals surface area contributed by atoms with Crippen molar-refractivity contribution < 1.29 is 22.4 Å². The molecule has 0 saturated carbocycles. The number of furan rings is 1. The maximum Gasteiger partial charge on any atom is 0.401 e. The Kier molecular flexibility index (Phi) is 4.98. The van der Waals surface area contributed by atoms with Crippen LogP contribution in [0.2, 0.25) is 0 Å². The van der Waals surface area contributed by atoms with Crippen LogP contribution >= 0.6 is 0 Å². The number of likely N-dealkylation sites (tertiary alicyclic amines) is 1. The van der Waals surface area contributed by atoms with Gasteiger partial charge in [0.05, 0.1) is 12.6 Å². The van der Waals surface area contributed by atoms with E-state index in [4.69, 9.17) is 4.42 Å². The van der Waals surface area contributed by atoms with Crippen molar-refractivity contribution >= 4 is 6.03 Å². The second kappa shape index (κ2) is 6.79. The number of carbonyl (C=O) groups excluding carboxylic acids is 1. The summed E-state index contributed by atoms with van der Waals surface area (Å²) in [5, 5.41) is 5.80. The van der Waals surface area contributed by atoms with Crippen molar-refractivity contribution in [2.45, 2.75) is 58.3 Å². The molecule has 2 amide bonds. The number of amides is 2. The smallest absolute Gasteiger partial charge is 0.401 e. The van der Waals surface area contributed by atoms with Gasteiger partial charge in [0.2, 0.25) is 0 Å². The molecule has 2 atom stereocenters. The molecule has 146 valence electrons. The van der Waals surface area contributed by atoms with E-state index in [1.165, 1.54) is 4.90 Å². The van der Waals surface area contributed by atoms with Gasteiger partial charge in [0.25, 0.3) is 0 Å². The largest absolute Gasteiger partial charge is 0.466 e. The fraction of sp³-hybridized carbons (Fsp3) is 0.722. The van der Waals surface area contributed by atoms with Gasteiger partial charge in [0, 0.05) is 31.1 Å². The fourth-order valence-electron chi connectivity index (χ4n) is 4.05. The first-order valence-electron chi connectivity index (χ1n) is 8.96. The van der Waals surface area contributed by atoms with Gasteiger partial charge in [-0.2, -0.15) is 13.2 Å². The molecule has 0 bridgehead atoms. The summed E-state index contributed by atoms with van der Waals surface area (Å²) in [6.45, 7) is 5.78. The summed E-state index contributed by atoms with van der Waals surface area (Å²) in [6, 6.07) is 1.20. The van der Waals surface area contributed by atoms with E-state index in [2.05, 4.69) is 24.5 Å². The van der Waals surface area contributed by atoms with Crippen LogP contribution in [0.3, 0.4) is 0 Å². The second-order valence-corrected chi connectivity index (χ2v) is 8.29. The number of nitrogens with zero attached hydrogens (tertiary/aromatic N) is 1. The first kappa shape index (κ1) is 19.1. The maximum absolute atomic E-state index is 12.5. The minimum absolute atomic E-state index is 0.00606. The Balaban J connectivity index is 1.57. The lowest BCUT2D eigenvalue weighted by Crippen LogP contribution is -2.46. The van der Waals surface area contributed by atoms with Crippen molar-refractivity contribution in [1.29, 1.82) is 0 Å². The number of halogens is 3. The van der Waals surface area contributed by atoms with Gasteiger partial charge >= 0.3 is 12.2 Å². The molecule has 0 spiro atoms. The van der Waals surface area contributed by atoms with Gasteiger partial charge in [-0.05, 0) is 31.2 Å². The molecule has 3 rings (SSSR count). The number of urea groups is 1. The molecule has 1 aliphatic carbocycles. The molecule has 2 N–H and O–H groups in total. The molecule has 26 heavy (non-hydrogen) atoms. The predicted octanol–water partition coefficient (Wildman–Crippen LogP) is 3.54. The van der Waals surface area contributed by atoms with E-state index < -0.39 is 12.7 Å². The van der Waals surface area contributed by atoms with Crippen molar-refractivity contribution in [1.82, 2.24) is 15.5 Å². The molecule has 0 radical (unpaired) electrons. The highest BCUT2D eigenvalue weighted by Crippen LogP contribution is 2.41. The Morgan fingerprint density at radius 1 is 1.38 bits per heavy atom. The number of rotatable bonds is 3. The van der Waals surface area contributed by atoms with Gasteiger partial charge in [-0.25, -0.2) is 4.79 Å². The van der Waals surface area contributed by atoms with Crippen LogP contribution in [0.1, 0.15) is 49.8 Å². The predicted molar refractivity (Wildman–Crippen MR) is 90.9 cm³/mol. The molecule has 8 heteroatoms. The van der Waals surface area contributed by atoms with E-state index in [1.54, 1.807) is 0 Å². The van der Waals surface area contributed by atoms with Gasteiger partial charge in [-0.15, -0.1) is 0 Å². The van der Waals surface area contributed by atoms with Crippen molar-refractivity contribution in [3.05, 3.63) is 23.2 Å². The summed E-state index contributed by atoms with van der Waals surface area (Å²) in [7, 11) is 0. The number of nitrogens with one attached hydrogen (secondary N) is 2. The molecule has 5 nitrogen and oxygen atoms in total. The monoisotopic (exact) mass is 373 g/mol. The summed E-state index contributed by atoms with van der Waals surface area (Å²) < 4.78 is 43.2. The molecule has 0 unspecified atom stereocenters. The van der Waals surface area contributed by atoms with E-state index in [0.29, 0.717) is 13.0 Å². The summed E-state index contributed by atoms with van der Waals surface area (Å²) >= 11 is 0. The van der Waals surface area contributed by atoms with E-state index in [1.807, 2.05) is 13.0 Å². The normalized spacial score (nSPS) is 25.8. The Morgan fingerprint density at radius 2 is 2.12 bits per heavy atom. The highest BCUT2D eigenvalue weighted by Gasteiger charge is 2.37. The van der Waals surface area contributed by atoms with Gasteiger partial charge in [0.15, 0.2) is 0 Å². The van der Waals surface area contributed by atoms with Crippen molar-refractivity contribution in [3.63, 3.8) is 0 Å². The fourth-order valence-corrected chi connectivity index (χ4v) is 4.05. The summed E-state index contributed by atoms with van der Waals surface area (Å²) in [4.78, 5) is 13.7. The first-order valence-corrected chi connectivity index (χ1v) is 8.96. The summed E-state index contributed by atoms with van der Waals surface area (Å²) in [6.07, 6.45) is -2.07. The molecular weight excluding hydrogens is 347 g/mol. The Hall–Kier alpha value is -1.70. The zero-order chi connectivity index (χ0) is 19.1. The number of fused-ring (bicyclic) bond motifs is 1. The zero-order valence-electron chi connectivity index (χ0n) is 15.4. The SMILES string of the molecule is Cc1cc2c(o1)CC(C)(C)C[C@@H]2NC(=O)N[C@@H]1CCN(CC(F)(F)F)C1. The van der Waals surface area contributed by atoms with Crippen LogP contribution in [-0.4, -0.2) is 42.8 Å². The third-order valence-corrected chi connectivity index (χ3v) is 5.05. The molecule has 1 aromatic rings. The first-order chi connectivity index (χ1) is 12.0. The lowest BCUT2D eigenvalue weighted by Gasteiger charge is -2.34. The van der Waals surface area contributed by atoms with Crippen molar-refractivity contribution in [3.8, 4) is 0 Å². The average molecular weight is 373 g/mol. The summed E-state index contributed by atoms with van der Waals surface area (Å²) in [5.41, 5.74) is 1.01. The van der Waals surface area contributed by atoms with Crippen LogP contribution in [0.4, 0.5) is 18.0 Å². The molecule has 2 aliphatic rings. The van der Waals surface area contributed by atoms with E-state index >= 15 is 0 Å². The lowest BCUT2D eigenvalue weighted by molar-refractivity contribution is -0.143. The number of aryl methyl sites for hydroxylation is 1. The quantitative estimate of drug-likeness (QED) is 0.852. The van der Waals surface area contributed by atoms with E-state index in [-0.39, 0.29) is 30.1 Å². The van der Waals surface area contributed by atoms with E-state index in [9.17, 15) is 18.0 Å². The third kappa shape index (κ3) is 4.72. The highest BCUT2D eigenvalue weighted by molar-refractivity contribution is 5.75. The number of hydrogen-bond donors (Lipinski definition) is 2. The maximum atomic E-state index is 12.5. The van der Waals surface area contributed by atoms with Crippen LogP contribution in [-0.2, 0) is 6.42 Å². The van der Waals surface area contributed by atoms with Crippen LogP contribution in [0.15, 0.2) is 10.5 Å². The van der Waals surface area contributed by atoms with Crippen LogP contribution in [0.5, 0.6) is 0 Å². The zero-order valence-corrected chi connectivity index (χ0v) is 15.4. The number of alkyl halides is 3. The third-order valence-electron chi connectivity index (χ3n) is 5.05. The number of hydrogen-bond acceptors (Lipinski definition) is 3. The van der Waals surface area contributed by atoms with Crippen molar-refractivity contribution in [2.24, 2.45) is 5.41 Å². The Morgan fingerprint density at radius 3 is 2.81 bits per heavy atom. The van der Waals surface area contributed by atoms with Crippen LogP contribution in [0, 0.1) is 12.3 Å². The van der Waals surface area contributed by atoms with Crippen molar-refractivity contribution in [2.75, 3.05) is 19.6 Å². The lowest BCUT2D eigenvalue weighted by atomic mass is 9.75. The Labute approximate surface area is 151 Å². The summed E-state index contributed by atoms with van der Waals surface area (Å²) in [5.74, 6) is 1.72. The van der Waals surface area contributed by atoms with Crippen LogP contribution in [0.25, 0.3) is 0 Å². The Bertz CT molecular complexity index is 669. The molecule has 1 aliphatic heterocycles. The molecule has 1 fully saturated rings.